The van der Waals surface area contributed by atoms with Gasteiger partial charge in [0.1, 0.15) is 11.4 Å². The predicted octanol–water partition coefficient (Wildman–Crippen LogP) is 4.15. The minimum absolute atomic E-state index is 0.122. The molecule has 0 N–H and O–H groups in total. The van der Waals surface area contributed by atoms with Crippen LogP contribution in [0.15, 0.2) is 42.6 Å². The fraction of sp³-hybridized carbons (Fsp3) is 0.304. The molecule has 0 bridgehead atoms. The van der Waals surface area contributed by atoms with Crippen LogP contribution in [-0.4, -0.2) is 41.9 Å². The molecule has 0 spiro atoms. The second kappa shape index (κ2) is 7.43. The predicted molar refractivity (Wildman–Crippen MR) is 115 cm³/mol. The van der Waals surface area contributed by atoms with Crippen LogP contribution in [0, 0.1) is 0 Å². The van der Waals surface area contributed by atoms with E-state index in [1.165, 1.54) is 7.05 Å². The lowest BCUT2D eigenvalue weighted by Gasteiger charge is -2.33. The van der Waals surface area contributed by atoms with E-state index < -0.39 is 11.9 Å². The number of hydrogen-bond donors (Lipinski definition) is 0. The van der Waals surface area contributed by atoms with Crippen LogP contribution in [0.1, 0.15) is 40.3 Å². The molecule has 5 rings (SSSR count). The normalized spacial score (nSPS) is 16.3. The summed E-state index contributed by atoms with van der Waals surface area (Å²) in [7, 11) is 2.96. The van der Waals surface area contributed by atoms with E-state index in [1.807, 2.05) is 31.2 Å². The number of nitrogens with zero attached hydrogens (tertiary/aromatic N) is 6. The number of fused-ring (bicyclic) bond motifs is 2. The van der Waals surface area contributed by atoms with Crippen molar-refractivity contribution in [2.24, 2.45) is 14.1 Å². The second-order valence-electron chi connectivity index (χ2n) is 8.21. The molecule has 4 heterocycles. The third kappa shape index (κ3) is 3.46. The Morgan fingerprint density at radius 3 is 2.61 bits per heavy atom. The summed E-state index contributed by atoms with van der Waals surface area (Å²) < 4.78 is 42.2. The van der Waals surface area contributed by atoms with Crippen LogP contribution in [0.5, 0.6) is 0 Å². The molecule has 0 saturated carbocycles. The number of hydrogen-bond acceptors (Lipinski definition) is 4. The molecule has 0 radical (unpaired) electrons. The maximum absolute atomic E-state index is 13.3. The lowest BCUT2D eigenvalue weighted by Crippen LogP contribution is -2.38. The van der Waals surface area contributed by atoms with Crippen molar-refractivity contribution in [1.29, 1.82) is 0 Å². The maximum atomic E-state index is 13.3. The highest BCUT2D eigenvalue weighted by atomic mass is 19.4. The molecular formula is C23H21F3N6O. The molecule has 170 valence electrons. The first-order valence-corrected chi connectivity index (χ1v) is 10.5. The smallest absolute Gasteiger partial charge is 0.330 e. The monoisotopic (exact) mass is 454 g/mol. The topological polar surface area (TPSA) is 68.8 Å². The van der Waals surface area contributed by atoms with Crippen LogP contribution in [0.3, 0.4) is 0 Å². The van der Waals surface area contributed by atoms with Gasteiger partial charge in [-0.3, -0.25) is 19.1 Å². The fourth-order valence-electron chi connectivity index (χ4n) is 4.56. The third-order valence-corrected chi connectivity index (χ3v) is 6.17. The highest BCUT2D eigenvalue weighted by molar-refractivity contribution is 5.98. The van der Waals surface area contributed by atoms with Crippen molar-refractivity contribution in [3.05, 3.63) is 65.1 Å². The maximum Gasteiger partial charge on any atom is 0.433 e. The van der Waals surface area contributed by atoms with Crippen LogP contribution < -0.4 is 0 Å². The van der Waals surface area contributed by atoms with Gasteiger partial charge < -0.3 is 4.90 Å². The molecule has 0 fully saturated rings. The van der Waals surface area contributed by atoms with Crippen molar-refractivity contribution < 1.29 is 18.0 Å². The second-order valence-corrected chi connectivity index (χ2v) is 8.21. The Hall–Kier alpha value is -3.69. The average molecular weight is 454 g/mol. The van der Waals surface area contributed by atoms with E-state index in [9.17, 15) is 18.0 Å². The van der Waals surface area contributed by atoms with E-state index in [0.29, 0.717) is 29.9 Å². The van der Waals surface area contributed by atoms with Gasteiger partial charge in [-0.15, -0.1) is 0 Å². The largest absolute Gasteiger partial charge is 0.433 e. The molecule has 0 saturated heterocycles. The zero-order chi connectivity index (χ0) is 23.5. The molecular weight excluding hydrogens is 433 g/mol. The van der Waals surface area contributed by atoms with Crippen LogP contribution in [0.25, 0.3) is 22.3 Å². The number of amides is 1. The van der Waals surface area contributed by atoms with E-state index in [1.54, 1.807) is 28.9 Å². The Balaban J connectivity index is 1.49. The molecule has 33 heavy (non-hydrogen) atoms. The molecule has 10 heteroatoms. The highest BCUT2D eigenvalue weighted by Gasteiger charge is 2.37. The Kier molecular flexibility index (Phi) is 4.77. The quantitative estimate of drug-likeness (QED) is 0.456. The van der Waals surface area contributed by atoms with Gasteiger partial charge in [0.15, 0.2) is 0 Å². The number of benzene rings is 1. The molecule has 3 aromatic heterocycles. The van der Waals surface area contributed by atoms with Gasteiger partial charge in [-0.25, -0.2) is 0 Å². The van der Waals surface area contributed by atoms with Crippen LogP contribution in [-0.2, 0) is 26.7 Å². The fourth-order valence-corrected chi connectivity index (χ4v) is 4.56. The Morgan fingerprint density at radius 1 is 1.09 bits per heavy atom. The van der Waals surface area contributed by atoms with Crippen molar-refractivity contribution in [2.75, 3.05) is 6.54 Å². The van der Waals surface area contributed by atoms with Crippen molar-refractivity contribution in [2.45, 2.75) is 25.6 Å². The van der Waals surface area contributed by atoms with Gasteiger partial charge in [0.2, 0.25) is 0 Å². The third-order valence-electron chi connectivity index (χ3n) is 6.17. The Morgan fingerprint density at radius 2 is 1.88 bits per heavy atom. The summed E-state index contributed by atoms with van der Waals surface area (Å²) in [5.74, 6) is -0.122. The molecule has 4 aromatic rings. The lowest BCUT2D eigenvalue weighted by atomic mass is 9.96. The van der Waals surface area contributed by atoms with E-state index >= 15 is 0 Å². The summed E-state index contributed by atoms with van der Waals surface area (Å²) in [5.41, 5.74) is 2.81. The first-order chi connectivity index (χ1) is 15.6. The first kappa shape index (κ1) is 21.2. The van der Waals surface area contributed by atoms with Crippen LogP contribution >= 0.6 is 0 Å². The van der Waals surface area contributed by atoms with Gasteiger partial charge in [-0.1, -0.05) is 6.07 Å². The van der Waals surface area contributed by atoms with Gasteiger partial charge >= 0.3 is 6.18 Å². The van der Waals surface area contributed by atoms with Crippen molar-refractivity contribution in [3.8, 4) is 11.4 Å². The molecule has 7 nitrogen and oxygen atoms in total. The molecule has 1 aliphatic heterocycles. The SMILES string of the molecule is C[C@H]1c2nn(C)c(-c3cc(C(F)(F)F)n(C)n3)c2CCN1C(=O)c1ccc2ncccc2c1. The molecule has 1 amide bonds. The first-order valence-electron chi connectivity index (χ1n) is 10.5. The van der Waals surface area contributed by atoms with E-state index in [2.05, 4.69) is 15.2 Å². The summed E-state index contributed by atoms with van der Waals surface area (Å²) in [4.78, 5) is 19.3. The Labute approximate surface area is 187 Å². The van der Waals surface area contributed by atoms with Crippen molar-refractivity contribution >= 4 is 16.8 Å². The van der Waals surface area contributed by atoms with Gasteiger partial charge in [-0.2, -0.15) is 23.4 Å². The van der Waals surface area contributed by atoms with Crippen molar-refractivity contribution in [1.82, 2.24) is 29.4 Å². The van der Waals surface area contributed by atoms with Gasteiger partial charge in [0.05, 0.1) is 22.9 Å². The standard InChI is InChI=1S/C23H21F3N6O/c1-13-20-16(21(31(3)29-20)18-12-19(23(24,25)26)30(2)28-18)8-10-32(13)22(33)15-6-7-17-14(11-15)5-4-9-27-17/h4-7,9,11-13H,8,10H2,1-3H3/t13-/m0/s1. The summed E-state index contributed by atoms with van der Waals surface area (Å²) in [5, 5.41) is 9.54. The number of carbonyl (C=O) groups is 1. The number of aromatic nitrogens is 5. The zero-order valence-electron chi connectivity index (χ0n) is 18.3. The van der Waals surface area contributed by atoms with E-state index in [4.69, 9.17) is 0 Å². The number of aryl methyl sites for hydroxylation is 2. The van der Waals surface area contributed by atoms with Crippen molar-refractivity contribution in [3.63, 3.8) is 0 Å². The molecule has 1 aliphatic rings. The summed E-state index contributed by atoms with van der Waals surface area (Å²) in [6, 6.07) is 9.84. The number of pyridine rings is 1. The van der Waals surface area contributed by atoms with Crippen LogP contribution in [0.4, 0.5) is 13.2 Å². The zero-order valence-corrected chi connectivity index (χ0v) is 18.3. The lowest BCUT2D eigenvalue weighted by molar-refractivity contribution is -0.143. The molecule has 0 aliphatic carbocycles. The highest BCUT2D eigenvalue weighted by Crippen LogP contribution is 2.38. The number of rotatable bonds is 2. The summed E-state index contributed by atoms with van der Waals surface area (Å²) in [6.07, 6.45) is -2.32. The molecule has 0 unspecified atom stereocenters. The number of halogens is 3. The van der Waals surface area contributed by atoms with Crippen LogP contribution in [0.2, 0.25) is 0 Å². The summed E-state index contributed by atoms with van der Waals surface area (Å²) >= 11 is 0. The van der Waals surface area contributed by atoms with Gasteiger partial charge in [-0.05, 0) is 43.7 Å². The minimum Gasteiger partial charge on any atom is -0.330 e. The number of carbonyl (C=O) groups excluding carboxylic acids is 1. The van der Waals surface area contributed by atoms with E-state index in [-0.39, 0.29) is 17.6 Å². The minimum atomic E-state index is -4.50. The van der Waals surface area contributed by atoms with E-state index in [0.717, 1.165) is 27.2 Å². The van der Waals surface area contributed by atoms with Gasteiger partial charge in [0.25, 0.3) is 5.91 Å². The number of alkyl halides is 3. The Bertz CT molecular complexity index is 1390. The molecule has 1 atom stereocenters. The van der Waals surface area contributed by atoms with Gasteiger partial charge in [0, 0.05) is 43.4 Å². The average Bonchev–Trinajstić information content (AvgIpc) is 3.32. The summed E-state index contributed by atoms with van der Waals surface area (Å²) in [6.45, 7) is 2.31. The molecule has 1 aromatic carbocycles.